The summed E-state index contributed by atoms with van der Waals surface area (Å²) in [6.45, 7) is 7.04. The van der Waals surface area contributed by atoms with Crippen LogP contribution in [0.15, 0.2) is 54.6 Å². The van der Waals surface area contributed by atoms with E-state index in [0.717, 1.165) is 42.5 Å². The Balaban J connectivity index is 1.29. The van der Waals surface area contributed by atoms with Gasteiger partial charge in [0.15, 0.2) is 0 Å². The molecule has 4 aliphatic carbocycles. The molecule has 0 amide bonds. The Labute approximate surface area is 198 Å². The number of benzene rings is 2. The van der Waals surface area contributed by atoms with Gasteiger partial charge in [0.1, 0.15) is 5.75 Å². The number of fused-ring (bicyclic) bond motifs is 1. The quantitative estimate of drug-likeness (QED) is 0.561. The molecule has 0 N–H and O–H groups in total. The van der Waals surface area contributed by atoms with Gasteiger partial charge in [-0.3, -0.25) is 4.90 Å². The first kappa shape index (κ1) is 20.1. The second-order valence-electron chi connectivity index (χ2n) is 11.3. The van der Waals surface area contributed by atoms with Crippen LogP contribution in [-0.4, -0.2) is 42.6 Å². The van der Waals surface area contributed by atoms with Crippen LogP contribution in [0, 0.1) is 23.7 Å². The van der Waals surface area contributed by atoms with E-state index in [0.29, 0.717) is 6.04 Å². The normalized spacial score (nSPS) is 33.6. The number of likely N-dealkylation sites (tertiary alicyclic amines) is 1. The highest BCUT2D eigenvalue weighted by Crippen LogP contribution is 2.69. The van der Waals surface area contributed by atoms with E-state index < -0.39 is 0 Å². The van der Waals surface area contributed by atoms with E-state index in [-0.39, 0.29) is 5.41 Å². The molecular formula is C30H36N2O. The van der Waals surface area contributed by atoms with Gasteiger partial charge in [0, 0.05) is 48.9 Å². The molecule has 1 spiro atoms. The number of methoxy groups -OCH3 is 1. The van der Waals surface area contributed by atoms with Crippen molar-refractivity contribution in [1.82, 2.24) is 9.80 Å². The number of allylic oxidation sites excluding steroid dienone is 1. The molecule has 5 atom stereocenters. The van der Waals surface area contributed by atoms with Crippen LogP contribution in [0.5, 0.6) is 5.75 Å². The zero-order valence-corrected chi connectivity index (χ0v) is 20.0. The lowest BCUT2D eigenvalue weighted by Crippen LogP contribution is -2.34. The van der Waals surface area contributed by atoms with Gasteiger partial charge in [-0.15, -0.1) is 0 Å². The predicted octanol–water partition coefficient (Wildman–Crippen LogP) is 5.56. The van der Waals surface area contributed by atoms with Crippen LogP contribution in [0.1, 0.15) is 49.3 Å². The SMILES string of the molecule is CCN(CC1CC1)C1=CC2(c3cc(OC)ccc31)C1CC3C2[C@H](C1)CN3Cc1ccccc1. The minimum absolute atomic E-state index is 0.205. The first-order chi connectivity index (χ1) is 16.2. The Hall–Kier alpha value is -2.26. The van der Waals surface area contributed by atoms with Crippen molar-refractivity contribution in [2.24, 2.45) is 23.7 Å². The second-order valence-corrected chi connectivity index (χ2v) is 11.3. The first-order valence-electron chi connectivity index (χ1n) is 13.2. The standard InChI is InChI=1S/C30H36N2O/c1-3-31(17-21-9-10-21)28-16-30(26-15-24(33-2)11-12-25(26)28)23-13-22-19-32(27(14-23)29(22)30)18-20-7-5-4-6-8-20/h4-8,11-12,15-16,21-23,27,29H,3,9-10,13-14,17-19H2,1-2H3/t22-,23?,27?,29?,30?/m1/s1. The lowest BCUT2D eigenvalue weighted by Gasteiger charge is -2.31. The van der Waals surface area contributed by atoms with Gasteiger partial charge in [0.2, 0.25) is 0 Å². The van der Waals surface area contributed by atoms with Crippen molar-refractivity contribution in [3.63, 3.8) is 0 Å². The Morgan fingerprint density at radius 1 is 1.09 bits per heavy atom. The molecule has 2 aromatic carbocycles. The van der Waals surface area contributed by atoms with Gasteiger partial charge >= 0.3 is 0 Å². The highest BCUT2D eigenvalue weighted by molar-refractivity contribution is 5.78. The Kier molecular flexibility index (Phi) is 4.50. The topological polar surface area (TPSA) is 15.7 Å². The van der Waals surface area contributed by atoms with Gasteiger partial charge in [0.25, 0.3) is 0 Å². The molecule has 1 heterocycles. The summed E-state index contributed by atoms with van der Waals surface area (Å²) in [4.78, 5) is 5.52. The van der Waals surface area contributed by atoms with E-state index in [9.17, 15) is 0 Å². The van der Waals surface area contributed by atoms with Crippen molar-refractivity contribution < 1.29 is 4.74 Å². The summed E-state index contributed by atoms with van der Waals surface area (Å²) in [7, 11) is 1.82. The third kappa shape index (κ3) is 2.91. The van der Waals surface area contributed by atoms with E-state index in [2.05, 4.69) is 71.3 Å². The van der Waals surface area contributed by atoms with Crippen molar-refractivity contribution in [1.29, 1.82) is 0 Å². The Morgan fingerprint density at radius 2 is 1.94 bits per heavy atom. The molecule has 5 aliphatic rings. The average molecular weight is 441 g/mol. The number of ether oxygens (including phenoxy) is 1. The zero-order chi connectivity index (χ0) is 22.2. The molecule has 33 heavy (non-hydrogen) atoms. The minimum Gasteiger partial charge on any atom is -0.497 e. The maximum absolute atomic E-state index is 5.75. The fourth-order valence-corrected chi connectivity index (χ4v) is 8.23. The van der Waals surface area contributed by atoms with Crippen LogP contribution >= 0.6 is 0 Å². The monoisotopic (exact) mass is 440 g/mol. The molecule has 1 aliphatic heterocycles. The highest BCUT2D eigenvalue weighted by atomic mass is 16.5. The van der Waals surface area contributed by atoms with Gasteiger partial charge in [0.05, 0.1) is 7.11 Å². The molecule has 172 valence electrons. The Morgan fingerprint density at radius 3 is 2.70 bits per heavy atom. The van der Waals surface area contributed by atoms with Crippen molar-refractivity contribution in [2.45, 2.75) is 50.6 Å². The highest BCUT2D eigenvalue weighted by Gasteiger charge is 2.68. The van der Waals surface area contributed by atoms with Gasteiger partial charge < -0.3 is 9.64 Å². The third-order valence-corrected chi connectivity index (χ3v) is 9.67. The summed E-state index contributed by atoms with van der Waals surface area (Å²) in [5, 5.41) is 0. The molecule has 3 saturated carbocycles. The lowest BCUT2D eigenvalue weighted by atomic mass is 9.72. The van der Waals surface area contributed by atoms with Crippen LogP contribution in [-0.2, 0) is 12.0 Å². The molecule has 3 heteroatoms. The maximum atomic E-state index is 5.75. The van der Waals surface area contributed by atoms with E-state index in [4.69, 9.17) is 4.74 Å². The molecule has 0 radical (unpaired) electrons. The van der Waals surface area contributed by atoms with Gasteiger partial charge in [-0.05, 0) is 91.7 Å². The lowest BCUT2D eigenvalue weighted by molar-refractivity contribution is 0.224. The van der Waals surface area contributed by atoms with Crippen LogP contribution < -0.4 is 4.74 Å². The van der Waals surface area contributed by atoms with Gasteiger partial charge in [-0.1, -0.05) is 30.3 Å². The molecular weight excluding hydrogens is 404 g/mol. The van der Waals surface area contributed by atoms with Crippen molar-refractivity contribution >= 4 is 5.70 Å². The molecule has 0 aromatic heterocycles. The number of nitrogens with zero attached hydrogens (tertiary/aromatic N) is 2. The molecule has 3 nitrogen and oxygen atoms in total. The average Bonchev–Trinajstić information content (AvgIpc) is 3.38. The third-order valence-electron chi connectivity index (χ3n) is 9.67. The summed E-state index contributed by atoms with van der Waals surface area (Å²) in [6.07, 6.45) is 8.33. The molecule has 2 aromatic rings. The summed E-state index contributed by atoms with van der Waals surface area (Å²) in [5.41, 5.74) is 6.26. The summed E-state index contributed by atoms with van der Waals surface area (Å²) in [6, 6.07) is 18.8. The van der Waals surface area contributed by atoms with E-state index in [1.807, 2.05) is 7.11 Å². The predicted molar refractivity (Wildman–Crippen MR) is 133 cm³/mol. The number of hydrogen-bond acceptors (Lipinski definition) is 3. The number of hydrogen-bond donors (Lipinski definition) is 0. The van der Waals surface area contributed by atoms with Crippen LogP contribution in [0.25, 0.3) is 5.70 Å². The van der Waals surface area contributed by atoms with Crippen molar-refractivity contribution in [3.8, 4) is 5.75 Å². The van der Waals surface area contributed by atoms with Crippen molar-refractivity contribution in [2.75, 3.05) is 26.7 Å². The molecule has 2 bridgehead atoms. The van der Waals surface area contributed by atoms with E-state index in [1.165, 1.54) is 55.6 Å². The molecule has 1 saturated heterocycles. The Bertz CT molecular complexity index is 1090. The van der Waals surface area contributed by atoms with Gasteiger partial charge in [-0.25, -0.2) is 0 Å². The summed E-state index contributed by atoms with van der Waals surface area (Å²) >= 11 is 0. The molecule has 4 unspecified atom stereocenters. The van der Waals surface area contributed by atoms with Crippen molar-refractivity contribution in [3.05, 3.63) is 71.3 Å². The van der Waals surface area contributed by atoms with Crippen LogP contribution in [0.3, 0.4) is 0 Å². The second kappa shape index (κ2) is 7.37. The minimum atomic E-state index is 0.205. The number of rotatable bonds is 7. The summed E-state index contributed by atoms with van der Waals surface area (Å²) < 4.78 is 5.75. The largest absolute Gasteiger partial charge is 0.497 e. The summed E-state index contributed by atoms with van der Waals surface area (Å²) in [5.74, 6) is 4.26. The molecule has 7 rings (SSSR count). The fraction of sp³-hybridized carbons (Fsp3) is 0.533. The van der Waals surface area contributed by atoms with Crippen LogP contribution in [0.2, 0.25) is 0 Å². The van der Waals surface area contributed by atoms with Crippen LogP contribution in [0.4, 0.5) is 0 Å². The van der Waals surface area contributed by atoms with Gasteiger partial charge in [-0.2, -0.15) is 0 Å². The smallest absolute Gasteiger partial charge is 0.119 e. The first-order valence-corrected chi connectivity index (χ1v) is 13.2. The molecule has 4 fully saturated rings. The fourth-order valence-electron chi connectivity index (χ4n) is 8.23. The van der Waals surface area contributed by atoms with E-state index in [1.54, 1.807) is 5.56 Å². The maximum Gasteiger partial charge on any atom is 0.119 e. The zero-order valence-electron chi connectivity index (χ0n) is 20.0. The van der Waals surface area contributed by atoms with E-state index >= 15 is 0 Å².